The molecule has 6 nitrogen and oxygen atoms in total. The Labute approximate surface area is 152 Å². The number of aromatic hydroxyl groups is 1. The predicted octanol–water partition coefficient (Wildman–Crippen LogP) is 3.27. The minimum absolute atomic E-state index is 0.0221. The van der Waals surface area contributed by atoms with Gasteiger partial charge in [0.15, 0.2) is 0 Å². The molecule has 3 N–H and O–H groups in total. The molecule has 2 aromatic rings. The fraction of sp³-hybridized carbons (Fsp3) is 0.250. The Morgan fingerprint density at radius 3 is 2.46 bits per heavy atom. The Bertz CT molecular complexity index is 844. The summed E-state index contributed by atoms with van der Waals surface area (Å²) in [5.41, 5.74) is 6.21. The van der Waals surface area contributed by atoms with E-state index in [1.807, 2.05) is 32.0 Å². The number of hydrazone groups is 1. The van der Waals surface area contributed by atoms with Crippen LogP contribution in [0.5, 0.6) is 5.75 Å². The summed E-state index contributed by atoms with van der Waals surface area (Å²) in [6.45, 7) is 5.55. The van der Waals surface area contributed by atoms with Crippen LogP contribution in [-0.4, -0.2) is 22.6 Å². The van der Waals surface area contributed by atoms with Crippen LogP contribution in [0.15, 0.2) is 47.6 Å². The first-order valence-corrected chi connectivity index (χ1v) is 8.35. The third-order valence-electron chi connectivity index (χ3n) is 3.89. The summed E-state index contributed by atoms with van der Waals surface area (Å²) in [6.07, 6.45) is 0.0820. The van der Waals surface area contributed by atoms with E-state index in [4.69, 9.17) is 0 Å². The van der Waals surface area contributed by atoms with E-state index in [0.717, 1.165) is 16.8 Å². The zero-order chi connectivity index (χ0) is 19.1. The zero-order valence-electron chi connectivity index (χ0n) is 15.2. The molecular weight excluding hydrogens is 330 g/mol. The topological polar surface area (TPSA) is 90.8 Å². The standard InChI is InChI=1S/C20H23N3O3/c1-13-8-9-14(2)17(12-13)21-19(25)10-11-20(26)23-22-15(3)16-6-4-5-7-18(16)24/h4-9,12,24H,10-11H2,1-3H3,(H,21,25)(H,23,26). The number of aryl methyl sites for hydroxylation is 2. The third kappa shape index (κ3) is 5.44. The molecule has 6 heteroatoms. The SMILES string of the molecule is CC(=NNC(=O)CCC(=O)Nc1cc(C)ccc1C)c1ccccc1O. The quantitative estimate of drug-likeness (QED) is 0.550. The minimum atomic E-state index is -0.365. The molecule has 0 aliphatic carbocycles. The number of para-hydroxylation sites is 1. The molecule has 0 saturated heterocycles. The summed E-state index contributed by atoms with van der Waals surface area (Å²) in [5, 5.41) is 16.5. The molecule has 0 spiro atoms. The van der Waals surface area contributed by atoms with E-state index in [9.17, 15) is 14.7 Å². The number of anilines is 1. The summed E-state index contributed by atoms with van der Waals surface area (Å²) in [5.74, 6) is -0.498. The molecule has 0 aliphatic rings. The lowest BCUT2D eigenvalue weighted by molar-refractivity contribution is -0.124. The van der Waals surface area contributed by atoms with Gasteiger partial charge in [-0.2, -0.15) is 5.10 Å². The van der Waals surface area contributed by atoms with Crippen LogP contribution in [0.4, 0.5) is 5.69 Å². The highest BCUT2D eigenvalue weighted by Crippen LogP contribution is 2.17. The van der Waals surface area contributed by atoms with Gasteiger partial charge in [0.2, 0.25) is 11.8 Å². The van der Waals surface area contributed by atoms with Crippen LogP contribution in [0.25, 0.3) is 0 Å². The molecule has 2 rings (SSSR count). The van der Waals surface area contributed by atoms with Gasteiger partial charge in [-0.1, -0.05) is 24.3 Å². The van der Waals surface area contributed by atoms with E-state index in [2.05, 4.69) is 15.8 Å². The average Bonchev–Trinajstić information content (AvgIpc) is 2.61. The second-order valence-electron chi connectivity index (χ2n) is 6.12. The Morgan fingerprint density at radius 1 is 1.04 bits per heavy atom. The average molecular weight is 353 g/mol. The molecule has 26 heavy (non-hydrogen) atoms. The van der Waals surface area contributed by atoms with Gasteiger partial charge in [0.05, 0.1) is 5.71 Å². The molecule has 2 amide bonds. The molecule has 0 aliphatic heterocycles. The third-order valence-corrected chi connectivity index (χ3v) is 3.89. The van der Waals surface area contributed by atoms with Crippen molar-refractivity contribution in [2.45, 2.75) is 33.6 Å². The fourth-order valence-electron chi connectivity index (χ4n) is 2.35. The van der Waals surface area contributed by atoms with Crippen LogP contribution < -0.4 is 10.7 Å². The van der Waals surface area contributed by atoms with Crippen LogP contribution in [0.2, 0.25) is 0 Å². The van der Waals surface area contributed by atoms with Gasteiger partial charge in [-0.05, 0) is 50.1 Å². The van der Waals surface area contributed by atoms with E-state index in [1.165, 1.54) is 0 Å². The monoisotopic (exact) mass is 353 g/mol. The first-order chi connectivity index (χ1) is 12.4. The van der Waals surface area contributed by atoms with Crippen molar-refractivity contribution < 1.29 is 14.7 Å². The molecule has 136 valence electrons. The number of phenols is 1. The van der Waals surface area contributed by atoms with Crippen LogP contribution in [0.1, 0.15) is 36.5 Å². The lowest BCUT2D eigenvalue weighted by atomic mass is 10.1. The maximum Gasteiger partial charge on any atom is 0.240 e. The number of hydrogen-bond donors (Lipinski definition) is 3. The van der Waals surface area contributed by atoms with Gasteiger partial charge in [0.25, 0.3) is 0 Å². The number of carbonyl (C=O) groups excluding carboxylic acids is 2. The van der Waals surface area contributed by atoms with Gasteiger partial charge in [-0.15, -0.1) is 0 Å². The normalized spacial score (nSPS) is 11.1. The fourth-order valence-corrected chi connectivity index (χ4v) is 2.35. The number of nitrogens with zero attached hydrogens (tertiary/aromatic N) is 1. The second kappa shape index (κ2) is 8.80. The highest BCUT2D eigenvalue weighted by atomic mass is 16.3. The molecule has 0 heterocycles. The summed E-state index contributed by atoms with van der Waals surface area (Å²) >= 11 is 0. The number of hydrogen-bond acceptors (Lipinski definition) is 4. The first kappa shape index (κ1) is 19.2. The summed E-state index contributed by atoms with van der Waals surface area (Å²) in [6, 6.07) is 12.5. The van der Waals surface area contributed by atoms with Crippen molar-refractivity contribution in [1.82, 2.24) is 5.43 Å². The highest BCUT2D eigenvalue weighted by Gasteiger charge is 2.09. The van der Waals surface area contributed by atoms with Gasteiger partial charge in [-0.3, -0.25) is 9.59 Å². The van der Waals surface area contributed by atoms with Crippen molar-refractivity contribution in [3.8, 4) is 5.75 Å². The molecule has 0 unspecified atom stereocenters. The number of benzene rings is 2. The second-order valence-corrected chi connectivity index (χ2v) is 6.12. The van der Waals surface area contributed by atoms with Crippen molar-refractivity contribution in [3.63, 3.8) is 0 Å². The van der Waals surface area contributed by atoms with Crippen molar-refractivity contribution in [2.24, 2.45) is 5.10 Å². The zero-order valence-corrected chi connectivity index (χ0v) is 15.2. The van der Waals surface area contributed by atoms with Crippen LogP contribution in [0, 0.1) is 13.8 Å². The smallest absolute Gasteiger partial charge is 0.240 e. The molecule has 0 saturated carbocycles. The van der Waals surface area contributed by atoms with Crippen molar-refractivity contribution in [3.05, 3.63) is 59.2 Å². The lowest BCUT2D eigenvalue weighted by Gasteiger charge is -2.09. The molecule has 0 aromatic heterocycles. The van der Waals surface area contributed by atoms with Crippen molar-refractivity contribution in [2.75, 3.05) is 5.32 Å². The van der Waals surface area contributed by atoms with E-state index in [-0.39, 0.29) is 30.4 Å². The van der Waals surface area contributed by atoms with Crippen LogP contribution in [0.3, 0.4) is 0 Å². The summed E-state index contributed by atoms with van der Waals surface area (Å²) in [7, 11) is 0. The Morgan fingerprint density at radius 2 is 1.73 bits per heavy atom. The van der Waals surface area contributed by atoms with Gasteiger partial charge < -0.3 is 10.4 Å². The summed E-state index contributed by atoms with van der Waals surface area (Å²) < 4.78 is 0. The Hall–Kier alpha value is -3.15. The highest BCUT2D eigenvalue weighted by molar-refractivity contribution is 6.01. The predicted molar refractivity (Wildman–Crippen MR) is 102 cm³/mol. The van der Waals surface area contributed by atoms with Gasteiger partial charge in [-0.25, -0.2) is 5.43 Å². The number of carbonyl (C=O) groups is 2. The molecule has 0 fully saturated rings. The molecule has 0 radical (unpaired) electrons. The maximum absolute atomic E-state index is 12.0. The molecule has 2 aromatic carbocycles. The van der Waals surface area contributed by atoms with Crippen LogP contribution in [-0.2, 0) is 9.59 Å². The van der Waals surface area contributed by atoms with Gasteiger partial charge in [0, 0.05) is 24.1 Å². The molecule has 0 bridgehead atoms. The van der Waals surface area contributed by atoms with Crippen LogP contribution >= 0.6 is 0 Å². The lowest BCUT2D eigenvalue weighted by Crippen LogP contribution is -2.22. The van der Waals surface area contributed by atoms with Gasteiger partial charge >= 0.3 is 0 Å². The number of amides is 2. The van der Waals surface area contributed by atoms with E-state index < -0.39 is 0 Å². The number of nitrogens with one attached hydrogen (secondary N) is 2. The Balaban J connectivity index is 1.85. The van der Waals surface area contributed by atoms with Crippen molar-refractivity contribution >= 4 is 23.2 Å². The van der Waals surface area contributed by atoms with E-state index in [0.29, 0.717) is 11.3 Å². The molecular formula is C20H23N3O3. The summed E-state index contributed by atoms with van der Waals surface area (Å²) in [4.78, 5) is 23.9. The van der Waals surface area contributed by atoms with Crippen molar-refractivity contribution in [1.29, 1.82) is 0 Å². The largest absolute Gasteiger partial charge is 0.507 e. The number of rotatable bonds is 6. The molecule has 0 atom stereocenters. The Kier molecular flexibility index (Phi) is 6.49. The minimum Gasteiger partial charge on any atom is -0.507 e. The maximum atomic E-state index is 12.0. The van der Waals surface area contributed by atoms with Gasteiger partial charge in [0.1, 0.15) is 5.75 Å². The number of phenolic OH excluding ortho intramolecular Hbond substituents is 1. The van der Waals surface area contributed by atoms with E-state index >= 15 is 0 Å². The first-order valence-electron chi connectivity index (χ1n) is 8.35. The van der Waals surface area contributed by atoms with E-state index in [1.54, 1.807) is 31.2 Å².